The minimum absolute atomic E-state index is 0.0174. The second-order valence-electron chi connectivity index (χ2n) is 3.53. The van der Waals surface area contributed by atoms with Gasteiger partial charge in [-0.25, -0.2) is 4.39 Å². The van der Waals surface area contributed by atoms with Crippen LogP contribution < -0.4 is 5.32 Å². The van der Waals surface area contributed by atoms with E-state index >= 15 is 0 Å². The summed E-state index contributed by atoms with van der Waals surface area (Å²) in [5.74, 6) is -1.39. The van der Waals surface area contributed by atoms with Gasteiger partial charge in [0.15, 0.2) is 0 Å². The van der Waals surface area contributed by atoms with Gasteiger partial charge in [-0.3, -0.25) is 0 Å². The molecule has 1 rings (SSSR count). The van der Waals surface area contributed by atoms with E-state index in [9.17, 15) is 17.6 Å². The Bertz CT molecular complexity index is 425. The van der Waals surface area contributed by atoms with Crippen molar-refractivity contribution in [2.45, 2.75) is 12.3 Å². The van der Waals surface area contributed by atoms with Crippen molar-refractivity contribution in [3.05, 3.63) is 28.0 Å². The van der Waals surface area contributed by atoms with Crippen LogP contribution in [0, 0.1) is 5.82 Å². The van der Waals surface area contributed by atoms with Crippen LogP contribution in [0.2, 0.25) is 0 Å². The fourth-order valence-corrected chi connectivity index (χ4v) is 1.65. The Morgan fingerprint density at radius 3 is 2.44 bits per heavy atom. The number of aliphatic hydroxyl groups is 2. The highest BCUT2D eigenvalue weighted by atomic mass is 79.9. The van der Waals surface area contributed by atoms with Gasteiger partial charge in [0, 0.05) is 16.7 Å². The first-order valence-corrected chi connectivity index (χ1v) is 5.64. The maximum absolute atomic E-state index is 13.1. The smallest absolute Gasteiger partial charge is 0.394 e. The fraction of sp³-hybridized carbons (Fsp3) is 0.400. The standard InChI is InChI=1S/C10H10BrF4NO2/c11-7-2-8(12)6(10(13,14)15)1-9(7)16-3-5(18)4-17/h1-2,5,16-18H,3-4H2. The molecule has 0 aliphatic heterocycles. The third-order valence-corrected chi connectivity index (χ3v) is 2.76. The first-order chi connectivity index (χ1) is 8.25. The molecular formula is C10H10BrF4NO2. The summed E-state index contributed by atoms with van der Waals surface area (Å²) < 4.78 is 50.6. The zero-order chi connectivity index (χ0) is 13.9. The molecule has 0 spiro atoms. The molecule has 1 atom stereocenters. The summed E-state index contributed by atoms with van der Waals surface area (Å²) in [5, 5.41) is 20.1. The molecule has 0 aliphatic carbocycles. The number of benzene rings is 1. The van der Waals surface area contributed by atoms with E-state index in [1.54, 1.807) is 0 Å². The third-order valence-electron chi connectivity index (χ3n) is 2.10. The van der Waals surface area contributed by atoms with Crippen molar-refractivity contribution in [2.24, 2.45) is 0 Å². The Morgan fingerprint density at radius 1 is 1.33 bits per heavy atom. The number of hydrogen-bond acceptors (Lipinski definition) is 3. The summed E-state index contributed by atoms with van der Waals surface area (Å²) in [6, 6.07) is 1.29. The predicted molar refractivity (Wildman–Crippen MR) is 60.7 cm³/mol. The van der Waals surface area contributed by atoms with Gasteiger partial charge >= 0.3 is 6.18 Å². The first kappa shape index (κ1) is 15.2. The highest BCUT2D eigenvalue weighted by Crippen LogP contribution is 2.36. The normalized spacial score (nSPS) is 13.5. The zero-order valence-corrected chi connectivity index (χ0v) is 10.5. The Hall–Kier alpha value is -0.860. The Balaban J connectivity index is 2.99. The van der Waals surface area contributed by atoms with Crippen LogP contribution in [0.4, 0.5) is 23.2 Å². The van der Waals surface area contributed by atoms with Crippen LogP contribution in [0.15, 0.2) is 16.6 Å². The summed E-state index contributed by atoms with van der Waals surface area (Å²) in [6.07, 6.45) is -5.91. The molecule has 0 bridgehead atoms. The molecule has 8 heteroatoms. The molecule has 3 nitrogen and oxygen atoms in total. The van der Waals surface area contributed by atoms with Crippen molar-refractivity contribution in [3.63, 3.8) is 0 Å². The molecule has 0 amide bonds. The quantitative estimate of drug-likeness (QED) is 0.742. The van der Waals surface area contributed by atoms with E-state index in [-0.39, 0.29) is 16.7 Å². The Labute approximate surface area is 109 Å². The number of nitrogens with one attached hydrogen (secondary N) is 1. The highest BCUT2D eigenvalue weighted by Gasteiger charge is 2.34. The molecule has 0 aromatic heterocycles. The molecule has 0 fully saturated rings. The summed E-state index contributed by atoms with van der Waals surface area (Å²) >= 11 is 2.91. The van der Waals surface area contributed by atoms with Gasteiger partial charge in [-0.2, -0.15) is 13.2 Å². The molecule has 3 N–H and O–H groups in total. The number of alkyl halides is 3. The van der Waals surface area contributed by atoms with Crippen molar-refractivity contribution in [1.82, 2.24) is 0 Å². The molecule has 0 radical (unpaired) electrons. The lowest BCUT2D eigenvalue weighted by Crippen LogP contribution is -2.23. The molecule has 0 heterocycles. The van der Waals surface area contributed by atoms with Crippen LogP contribution in [0.1, 0.15) is 5.56 Å². The van der Waals surface area contributed by atoms with Gasteiger partial charge in [-0.15, -0.1) is 0 Å². The summed E-state index contributed by atoms with van der Waals surface area (Å²) in [6.45, 7) is -0.685. The topological polar surface area (TPSA) is 52.5 Å². The van der Waals surface area contributed by atoms with E-state index in [0.29, 0.717) is 12.1 Å². The predicted octanol–water partition coefficient (Wildman–Crippen LogP) is 2.37. The van der Waals surface area contributed by atoms with Crippen LogP contribution in [0.5, 0.6) is 0 Å². The van der Waals surface area contributed by atoms with Crippen LogP contribution in [-0.2, 0) is 6.18 Å². The molecule has 0 saturated heterocycles. The summed E-state index contributed by atoms with van der Waals surface area (Å²) in [5.41, 5.74) is -1.41. The largest absolute Gasteiger partial charge is 0.419 e. The number of rotatable bonds is 4. The fourth-order valence-electron chi connectivity index (χ4n) is 1.19. The monoisotopic (exact) mass is 331 g/mol. The number of anilines is 1. The van der Waals surface area contributed by atoms with Crippen molar-refractivity contribution >= 4 is 21.6 Å². The lowest BCUT2D eigenvalue weighted by Gasteiger charge is -2.15. The van der Waals surface area contributed by atoms with Gasteiger partial charge in [0.1, 0.15) is 5.82 Å². The van der Waals surface area contributed by atoms with Gasteiger partial charge in [0.2, 0.25) is 0 Å². The number of hydrogen-bond donors (Lipinski definition) is 3. The molecule has 0 aliphatic rings. The molecule has 1 aromatic carbocycles. The maximum atomic E-state index is 13.1. The van der Waals surface area contributed by atoms with E-state index in [0.717, 1.165) is 0 Å². The second kappa shape index (κ2) is 5.85. The number of halogens is 5. The first-order valence-electron chi connectivity index (χ1n) is 4.84. The van der Waals surface area contributed by atoms with Gasteiger partial charge < -0.3 is 15.5 Å². The van der Waals surface area contributed by atoms with E-state index in [1.165, 1.54) is 0 Å². The average Bonchev–Trinajstić information content (AvgIpc) is 2.25. The van der Waals surface area contributed by atoms with E-state index in [1.807, 2.05) is 0 Å². The van der Waals surface area contributed by atoms with E-state index < -0.39 is 30.3 Å². The number of aliphatic hydroxyl groups excluding tert-OH is 2. The maximum Gasteiger partial charge on any atom is 0.419 e. The van der Waals surface area contributed by atoms with Crippen LogP contribution in [0.25, 0.3) is 0 Å². The Morgan fingerprint density at radius 2 is 1.94 bits per heavy atom. The van der Waals surface area contributed by atoms with Crippen LogP contribution in [0.3, 0.4) is 0 Å². The zero-order valence-electron chi connectivity index (χ0n) is 8.93. The molecule has 1 aromatic rings. The minimum Gasteiger partial charge on any atom is -0.394 e. The van der Waals surface area contributed by atoms with Crippen LogP contribution in [-0.4, -0.2) is 29.5 Å². The van der Waals surface area contributed by atoms with E-state index in [2.05, 4.69) is 21.2 Å². The molecule has 102 valence electrons. The Kier molecular flexibility index (Phi) is 4.94. The lowest BCUT2D eigenvalue weighted by atomic mass is 10.1. The van der Waals surface area contributed by atoms with Crippen LogP contribution >= 0.6 is 15.9 Å². The summed E-state index contributed by atoms with van der Waals surface area (Å²) in [4.78, 5) is 0. The molecule has 0 saturated carbocycles. The SMILES string of the molecule is OCC(O)CNc1cc(C(F)(F)F)c(F)cc1Br. The van der Waals surface area contributed by atoms with Crippen molar-refractivity contribution in [2.75, 3.05) is 18.5 Å². The van der Waals surface area contributed by atoms with Gasteiger partial charge in [0.05, 0.1) is 18.3 Å². The van der Waals surface area contributed by atoms with Gasteiger partial charge in [-0.1, -0.05) is 0 Å². The third kappa shape index (κ3) is 3.82. The molecular weight excluding hydrogens is 322 g/mol. The summed E-state index contributed by atoms with van der Waals surface area (Å²) in [7, 11) is 0. The van der Waals surface area contributed by atoms with Gasteiger partial charge in [0.25, 0.3) is 0 Å². The van der Waals surface area contributed by atoms with E-state index in [4.69, 9.17) is 10.2 Å². The van der Waals surface area contributed by atoms with Crippen molar-refractivity contribution < 1.29 is 27.8 Å². The second-order valence-corrected chi connectivity index (χ2v) is 4.38. The lowest BCUT2D eigenvalue weighted by molar-refractivity contribution is -0.139. The molecule has 18 heavy (non-hydrogen) atoms. The minimum atomic E-state index is -4.79. The van der Waals surface area contributed by atoms with Crippen molar-refractivity contribution in [3.8, 4) is 0 Å². The molecule has 1 unspecified atom stereocenters. The van der Waals surface area contributed by atoms with Gasteiger partial charge in [-0.05, 0) is 28.1 Å². The average molecular weight is 332 g/mol. The highest BCUT2D eigenvalue weighted by molar-refractivity contribution is 9.10. The van der Waals surface area contributed by atoms with Crippen molar-refractivity contribution in [1.29, 1.82) is 0 Å².